The van der Waals surface area contributed by atoms with Gasteiger partial charge in [-0.05, 0) is 49.5 Å². The highest BCUT2D eigenvalue weighted by atomic mass is 16.5. The third kappa shape index (κ3) is 6.30. The molecular weight excluding hydrogens is 372 g/mol. The van der Waals surface area contributed by atoms with Crippen LogP contribution >= 0.6 is 0 Å². The van der Waals surface area contributed by atoms with Crippen molar-refractivity contribution in [3.8, 4) is 5.75 Å². The van der Waals surface area contributed by atoms with Crippen LogP contribution in [0.25, 0.3) is 6.08 Å². The van der Waals surface area contributed by atoms with Crippen LogP contribution in [0.5, 0.6) is 5.75 Å². The number of rotatable bonds is 13. The molecule has 0 aliphatic heterocycles. The zero-order chi connectivity index (χ0) is 22.1. The van der Waals surface area contributed by atoms with Gasteiger partial charge in [-0.15, -0.1) is 0 Å². The lowest BCUT2D eigenvalue weighted by Gasteiger charge is -2.23. The maximum Gasteiger partial charge on any atom is 0.234 e. The van der Waals surface area contributed by atoms with Crippen LogP contribution in [-0.2, 0) is 4.79 Å². The molecule has 2 rings (SSSR count). The molecule has 0 atom stereocenters. The molecule has 0 heterocycles. The van der Waals surface area contributed by atoms with Gasteiger partial charge >= 0.3 is 0 Å². The molecule has 1 aliphatic carbocycles. The van der Waals surface area contributed by atoms with Crippen LogP contribution in [0.2, 0.25) is 0 Å². The van der Waals surface area contributed by atoms with Crippen LogP contribution in [0.3, 0.4) is 0 Å². The molecule has 1 aromatic carbocycles. The minimum absolute atomic E-state index is 0.215. The molecule has 0 amide bonds. The Balaban J connectivity index is 1.90. The largest absolute Gasteiger partial charge is 0.493 e. The number of hydrogen-bond acceptors (Lipinski definition) is 3. The quantitative estimate of drug-likeness (QED) is 0.248. The van der Waals surface area contributed by atoms with Gasteiger partial charge in [0.1, 0.15) is 5.75 Å². The minimum Gasteiger partial charge on any atom is -0.493 e. The second kappa shape index (κ2) is 12.1. The van der Waals surface area contributed by atoms with E-state index in [1.54, 1.807) is 6.92 Å². The number of benzene rings is 1. The zero-order valence-corrected chi connectivity index (χ0v) is 19.7. The number of hydrogen-bond donors (Lipinski definition) is 0. The van der Waals surface area contributed by atoms with Gasteiger partial charge in [0.2, 0.25) is 11.6 Å². The van der Waals surface area contributed by atoms with E-state index in [1.165, 1.54) is 57.8 Å². The first-order valence-electron chi connectivity index (χ1n) is 12.0. The average Bonchev–Trinajstić information content (AvgIpc) is 2.69. The first-order valence-corrected chi connectivity index (χ1v) is 12.0. The zero-order valence-electron chi connectivity index (χ0n) is 19.7. The van der Waals surface area contributed by atoms with Gasteiger partial charge in [-0.3, -0.25) is 9.59 Å². The number of ether oxygens (including phenoxy) is 1. The molecular formula is C27H40O3. The lowest BCUT2D eigenvalue weighted by atomic mass is 9.82. The average molecular weight is 413 g/mol. The van der Waals surface area contributed by atoms with Gasteiger partial charge in [-0.1, -0.05) is 78.6 Å². The summed E-state index contributed by atoms with van der Waals surface area (Å²) in [5, 5.41) is 0. The molecule has 0 bridgehead atoms. The van der Waals surface area contributed by atoms with E-state index >= 15 is 0 Å². The Hall–Kier alpha value is -1.90. The molecule has 0 saturated carbocycles. The molecule has 1 aliphatic rings. The highest BCUT2D eigenvalue weighted by Crippen LogP contribution is 2.38. The van der Waals surface area contributed by atoms with Gasteiger partial charge in [-0.2, -0.15) is 0 Å². The lowest BCUT2D eigenvalue weighted by Crippen LogP contribution is -2.23. The molecule has 3 nitrogen and oxygen atoms in total. The summed E-state index contributed by atoms with van der Waals surface area (Å²) in [5.74, 6) is 0.306. The van der Waals surface area contributed by atoms with Crippen molar-refractivity contribution < 1.29 is 14.3 Å². The molecule has 0 N–H and O–H groups in total. The molecule has 0 unspecified atom stereocenters. The predicted octanol–water partition coefficient (Wildman–Crippen LogP) is 7.59. The second-order valence-electron chi connectivity index (χ2n) is 9.06. The number of fused-ring (bicyclic) bond motifs is 1. The van der Waals surface area contributed by atoms with Gasteiger partial charge in [0, 0.05) is 16.7 Å². The van der Waals surface area contributed by atoms with E-state index in [-0.39, 0.29) is 17.5 Å². The Morgan fingerprint density at radius 3 is 1.97 bits per heavy atom. The summed E-state index contributed by atoms with van der Waals surface area (Å²) < 4.78 is 6.19. The van der Waals surface area contributed by atoms with Crippen molar-refractivity contribution in [2.24, 2.45) is 0 Å². The van der Waals surface area contributed by atoms with Gasteiger partial charge in [0.05, 0.1) is 6.61 Å². The molecule has 30 heavy (non-hydrogen) atoms. The van der Waals surface area contributed by atoms with Crippen LogP contribution in [-0.4, -0.2) is 18.2 Å². The van der Waals surface area contributed by atoms with E-state index in [0.717, 1.165) is 28.9 Å². The minimum atomic E-state index is -0.390. The number of ketones is 2. The Kier molecular flexibility index (Phi) is 9.81. The van der Waals surface area contributed by atoms with Crippen molar-refractivity contribution in [3.63, 3.8) is 0 Å². The lowest BCUT2D eigenvalue weighted by molar-refractivity contribution is -0.111. The van der Waals surface area contributed by atoms with Gasteiger partial charge < -0.3 is 4.74 Å². The molecule has 3 heteroatoms. The van der Waals surface area contributed by atoms with Crippen molar-refractivity contribution in [2.75, 3.05) is 6.61 Å². The summed E-state index contributed by atoms with van der Waals surface area (Å²) in [6.07, 6.45) is 14.9. The summed E-state index contributed by atoms with van der Waals surface area (Å²) in [6, 6.07) is 1.95. The van der Waals surface area contributed by atoms with Crippen molar-refractivity contribution in [1.82, 2.24) is 0 Å². The van der Waals surface area contributed by atoms with Gasteiger partial charge in [-0.25, -0.2) is 0 Å². The van der Waals surface area contributed by atoms with Crippen LogP contribution in [0.1, 0.15) is 125 Å². The van der Waals surface area contributed by atoms with Crippen molar-refractivity contribution in [1.29, 1.82) is 0 Å². The third-order valence-electron chi connectivity index (χ3n) is 6.05. The van der Waals surface area contributed by atoms with E-state index in [2.05, 4.69) is 20.8 Å². The van der Waals surface area contributed by atoms with Crippen LogP contribution in [0, 0.1) is 6.92 Å². The van der Waals surface area contributed by atoms with E-state index in [9.17, 15) is 9.59 Å². The monoisotopic (exact) mass is 412 g/mol. The third-order valence-corrected chi connectivity index (χ3v) is 6.05. The highest BCUT2D eigenvalue weighted by Gasteiger charge is 2.30. The first kappa shape index (κ1) is 24.4. The van der Waals surface area contributed by atoms with E-state index in [4.69, 9.17) is 4.74 Å². The van der Waals surface area contributed by atoms with E-state index < -0.39 is 0 Å². The standard InChI is InChI=1S/C27H40O3/c1-6-7-8-9-10-11-12-13-14-15-16-30-23-18-20(4)25-22(24(23)19(2)3)17-21(5)26(28)27(25)29/h17-19H,6-16H2,1-5H3. The van der Waals surface area contributed by atoms with Crippen molar-refractivity contribution in [3.05, 3.63) is 33.9 Å². The summed E-state index contributed by atoms with van der Waals surface area (Å²) in [4.78, 5) is 24.7. The number of unbranched alkanes of at least 4 members (excludes halogenated alkanes) is 9. The number of allylic oxidation sites excluding steroid dienone is 1. The maximum absolute atomic E-state index is 12.6. The normalized spacial score (nSPS) is 13.6. The summed E-state index contributed by atoms with van der Waals surface area (Å²) in [5.41, 5.74) is 3.82. The molecule has 1 aromatic rings. The maximum atomic E-state index is 12.6. The SMILES string of the molecule is CCCCCCCCCCCCOc1cc(C)c2c(c1C(C)C)C=C(C)C(=O)C2=O. The Labute approximate surface area is 183 Å². The van der Waals surface area contributed by atoms with Crippen molar-refractivity contribution >= 4 is 17.6 Å². The topological polar surface area (TPSA) is 43.4 Å². The van der Waals surface area contributed by atoms with E-state index in [1.807, 2.05) is 19.1 Å². The fourth-order valence-electron chi connectivity index (χ4n) is 4.34. The summed E-state index contributed by atoms with van der Waals surface area (Å²) >= 11 is 0. The number of aryl methyl sites for hydroxylation is 1. The van der Waals surface area contributed by atoms with Gasteiger partial charge in [0.25, 0.3) is 0 Å². The van der Waals surface area contributed by atoms with Crippen molar-refractivity contribution in [2.45, 2.75) is 105 Å². The predicted molar refractivity (Wildman–Crippen MR) is 126 cm³/mol. The molecule has 0 saturated heterocycles. The second-order valence-corrected chi connectivity index (χ2v) is 9.06. The Morgan fingerprint density at radius 2 is 1.40 bits per heavy atom. The highest BCUT2D eigenvalue weighted by molar-refractivity contribution is 6.52. The Bertz CT molecular complexity index is 771. The van der Waals surface area contributed by atoms with Crippen LogP contribution < -0.4 is 4.74 Å². The van der Waals surface area contributed by atoms with Crippen LogP contribution in [0.15, 0.2) is 11.6 Å². The number of Topliss-reactive ketones (excluding diaryl/α,β-unsaturated/α-hetero) is 2. The number of carbonyl (C=O) groups excluding carboxylic acids is 2. The van der Waals surface area contributed by atoms with Gasteiger partial charge in [0.15, 0.2) is 0 Å². The fourth-order valence-corrected chi connectivity index (χ4v) is 4.34. The molecule has 166 valence electrons. The summed E-state index contributed by atoms with van der Waals surface area (Å²) in [6.45, 7) is 10.8. The summed E-state index contributed by atoms with van der Waals surface area (Å²) in [7, 11) is 0. The number of carbonyl (C=O) groups is 2. The molecule has 0 radical (unpaired) electrons. The molecule has 0 aromatic heterocycles. The Morgan fingerprint density at radius 1 is 0.833 bits per heavy atom. The first-order chi connectivity index (χ1) is 14.4. The fraction of sp³-hybridized carbons (Fsp3) is 0.630. The molecule has 0 fully saturated rings. The van der Waals surface area contributed by atoms with Crippen LogP contribution in [0.4, 0.5) is 0 Å². The smallest absolute Gasteiger partial charge is 0.234 e. The van der Waals surface area contributed by atoms with E-state index in [0.29, 0.717) is 17.7 Å². The molecule has 0 spiro atoms.